The summed E-state index contributed by atoms with van der Waals surface area (Å²) in [5, 5.41) is 4.67. The molecule has 3 rings (SSSR count). The maximum Gasteiger partial charge on any atom is 0.262 e. The van der Waals surface area contributed by atoms with Crippen LogP contribution in [-0.4, -0.2) is 24.6 Å². The summed E-state index contributed by atoms with van der Waals surface area (Å²) in [4.78, 5) is 16.6. The molecule has 0 atom stereocenters. The summed E-state index contributed by atoms with van der Waals surface area (Å²) in [5.41, 5.74) is 1.96. The number of fused-ring (bicyclic) bond motifs is 1. The lowest BCUT2D eigenvalue weighted by atomic mass is 10.2. The van der Waals surface area contributed by atoms with Gasteiger partial charge in [0.2, 0.25) is 0 Å². The summed E-state index contributed by atoms with van der Waals surface area (Å²) in [6.45, 7) is 1.66. The van der Waals surface area contributed by atoms with Crippen molar-refractivity contribution in [2.75, 3.05) is 19.0 Å². The number of nitrogens with zero attached hydrogens (tertiary/aromatic N) is 1. The van der Waals surface area contributed by atoms with Crippen LogP contribution in [0.4, 0.5) is 5.69 Å². The summed E-state index contributed by atoms with van der Waals surface area (Å²) in [5.74, 6) is 0.635. The van der Waals surface area contributed by atoms with E-state index in [2.05, 4.69) is 10.3 Å². The minimum atomic E-state index is -0.330. The van der Waals surface area contributed by atoms with Crippen molar-refractivity contribution in [1.82, 2.24) is 4.98 Å². The Bertz CT molecular complexity index is 976. The minimum Gasteiger partial charge on any atom is -0.495 e. The van der Waals surface area contributed by atoms with Crippen molar-refractivity contribution >= 4 is 45.7 Å². The van der Waals surface area contributed by atoms with E-state index in [9.17, 15) is 4.79 Å². The standard InChI is InChI=1S/C19H16Cl2N2O3/c1-11-8-15(17(25-2)9-14(11)21)23-18(24)10-26-16-6-5-13(20)12-4-3-7-22-19(12)16/h3-9H,10H2,1-2H3,(H,23,24). The molecule has 1 N–H and O–H groups in total. The third-order valence-corrected chi connectivity index (χ3v) is 4.53. The van der Waals surface area contributed by atoms with Gasteiger partial charge in [-0.05, 0) is 42.8 Å². The van der Waals surface area contributed by atoms with E-state index in [0.29, 0.717) is 32.7 Å². The average Bonchev–Trinajstić information content (AvgIpc) is 2.64. The maximum atomic E-state index is 12.3. The minimum absolute atomic E-state index is 0.182. The Morgan fingerprint density at radius 2 is 1.96 bits per heavy atom. The van der Waals surface area contributed by atoms with Gasteiger partial charge in [0.15, 0.2) is 6.61 Å². The van der Waals surface area contributed by atoms with Crippen LogP contribution < -0.4 is 14.8 Å². The highest BCUT2D eigenvalue weighted by atomic mass is 35.5. The van der Waals surface area contributed by atoms with Crippen LogP contribution in [0.3, 0.4) is 0 Å². The molecule has 0 spiro atoms. The highest BCUT2D eigenvalue weighted by Crippen LogP contribution is 2.31. The van der Waals surface area contributed by atoms with E-state index in [0.717, 1.165) is 10.9 Å². The fourth-order valence-corrected chi connectivity index (χ4v) is 2.86. The molecule has 1 amide bonds. The van der Waals surface area contributed by atoms with Gasteiger partial charge < -0.3 is 14.8 Å². The Kier molecular flexibility index (Phi) is 5.49. The van der Waals surface area contributed by atoms with Crippen LogP contribution in [0.15, 0.2) is 42.6 Å². The molecule has 0 aliphatic rings. The zero-order valence-corrected chi connectivity index (χ0v) is 15.7. The van der Waals surface area contributed by atoms with Gasteiger partial charge in [-0.1, -0.05) is 23.2 Å². The van der Waals surface area contributed by atoms with Gasteiger partial charge in [-0.2, -0.15) is 0 Å². The van der Waals surface area contributed by atoms with Gasteiger partial charge in [-0.3, -0.25) is 9.78 Å². The molecule has 0 saturated carbocycles. The van der Waals surface area contributed by atoms with E-state index in [4.69, 9.17) is 32.7 Å². The molecule has 134 valence electrons. The van der Waals surface area contributed by atoms with Crippen LogP contribution in [0.25, 0.3) is 10.9 Å². The van der Waals surface area contributed by atoms with Gasteiger partial charge in [0.1, 0.15) is 17.0 Å². The Morgan fingerprint density at radius 3 is 2.73 bits per heavy atom. The fourth-order valence-electron chi connectivity index (χ4n) is 2.49. The first-order valence-electron chi connectivity index (χ1n) is 7.79. The topological polar surface area (TPSA) is 60.5 Å². The number of hydrogen-bond acceptors (Lipinski definition) is 4. The zero-order valence-electron chi connectivity index (χ0n) is 14.2. The Morgan fingerprint density at radius 1 is 1.15 bits per heavy atom. The predicted molar refractivity (Wildman–Crippen MR) is 104 cm³/mol. The molecule has 0 radical (unpaired) electrons. The highest BCUT2D eigenvalue weighted by Gasteiger charge is 2.12. The van der Waals surface area contributed by atoms with Crippen LogP contribution in [-0.2, 0) is 4.79 Å². The second kappa shape index (κ2) is 7.81. The number of nitrogens with one attached hydrogen (secondary N) is 1. The number of hydrogen-bond donors (Lipinski definition) is 1. The number of carbonyl (C=O) groups excluding carboxylic acids is 1. The first-order chi connectivity index (χ1) is 12.5. The maximum absolute atomic E-state index is 12.3. The molecule has 0 bridgehead atoms. The van der Waals surface area contributed by atoms with Crippen molar-refractivity contribution in [2.45, 2.75) is 6.92 Å². The van der Waals surface area contributed by atoms with Crippen LogP contribution in [0, 0.1) is 6.92 Å². The smallest absolute Gasteiger partial charge is 0.262 e. The molecular formula is C19H16Cl2N2O3. The Balaban J connectivity index is 1.75. The van der Waals surface area contributed by atoms with Crippen LogP contribution in [0.2, 0.25) is 10.0 Å². The first kappa shape index (κ1) is 18.3. The van der Waals surface area contributed by atoms with Crippen molar-refractivity contribution in [3.8, 4) is 11.5 Å². The lowest BCUT2D eigenvalue weighted by Crippen LogP contribution is -2.20. The molecule has 1 heterocycles. The van der Waals surface area contributed by atoms with Crippen molar-refractivity contribution in [1.29, 1.82) is 0 Å². The summed E-state index contributed by atoms with van der Waals surface area (Å²) in [7, 11) is 1.51. The highest BCUT2D eigenvalue weighted by molar-refractivity contribution is 6.35. The number of methoxy groups -OCH3 is 1. The largest absolute Gasteiger partial charge is 0.495 e. The average molecular weight is 391 g/mol. The molecule has 0 unspecified atom stereocenters. The quantitative estimate of drug-likeness (QED) is 0.674. The van der Waals surface area contributed by atoms with Crippen molar-refractivity contribution in [2.24, 2.45) is 0 Å². The third-order valence-electron chi connectivity index (χ3n) is 3.79. The summed E-state index contributed by atoms with van der Waals surface area (Å²) < 4.78 is 10.9. The molecular weight excluding hydrogens is 375 g/mol. The van der Waals surface area contributed by atoms with Gasteiger partial charge in [0.05, 0.1) is 17.8 Å². The van der Waals surface area contributed by atoms with E-state index in [1.165, 1.54) is 7.11 Å². The normalized spacial score (nSPS) is 10.6. The summed E-state index contributed by atoms with van der Waals surface area (Å²) >= 11 is 12.2. The predicted octanol–water partition coefficient (Wildman–Crippen LogP) is 4.88. The summed E-state index contributed by atoms with van der Waals surface area (Å²) in [6, 6.07) is 10.4. The van der Waals surface area contributed by atoms with E-state index in [1.54, 1.807) is 36.5 Å². The zero-order chi connectivity index (χ0) is 18.7. The van der Waals surface area contributed by atoms with E-state index >= 15 is 0 Å². The molecule has 0 aliphatic carbocycles. The number of amides is 1. The van der Waals surface area contributed by atoms with Gasteiger partial charge in [0.25, 0.3) is 5.91 Å². The number of rotatable bonds is 5. The number of carbonyl (C=O) groups is 1. The molecule has 3 aromatic rings. The second-order valence-corrected chi connectivity index (χ2v) is 6.40. The Labute approximate surface area is 160 Å². The van der Waals surface area contributed by atoms with E-state index in [1.807, 2.05) is 13.0 Å². The summed E-state index contributed by atoms with van der Waals surface area (Å²) in [6.07, 6.45) is 1.65. The molecule has 1 aromatic heterocycles. The van der Waals surface area contributed by atoms with E-state index < -0.39 is 0 Å². The van der Waals surface area contributed by atoms with Crippen LogP contribution in [0.1, 0.15) is 5.56 Å². The fraction of sp³-hybridized carbons (Fsp3) is 0.158. The molecule has 0 saturated heterocycles. The number of halogens is 2. The molecule has 7 heteroatoms. The van der Waals surface area contributed by atoms with Gasteiger partial charge in [-0.15, -0.1) is 0 Å². The van der Waals surface area contributed by atoms with Gasteiger partial charge >= 0.3 is 0 Å². The van der Waals surface area contributed by atoms with Crippen LogP contribution >= 0.6 is 23.2 Å². The number of aromatic nitrogens is 1. The molecule has 0 aliphatic heterocycles. The number of anilines is 1. The number of pyridine rings is 1. The Hall–Kier alpha value is -2.50. The van der Waals surface area contributed by atoms with Gasteiger partial charge in [0, 0.05) is 22.7 Å². The molecule has 2 aromatic carbocycles. The first-order valence-corrected chi connectivity index (χ1v) is 8.55. The second-order valence-electron chi connectivity index (χ2n) is 5.58. The number of benzene rings is 2. The van der Waals surface area contributed by atoms with Crippen LogP contribution in [0.5, 0.6) is 11.5 Å². The lowest BCUT2D eigenvalue weighted by Gasteiger charge is -2.13. The van der Waals surface area contributed by atoms with E-state index in [-0.39, 0.29) is 12.5 Å². The van der Waals surface area contributed by atoms with Crippen molar-refractivity contribution in [3.05, 3.63) is 58.2 Å². The number of ether oxygens (including phenoxy) is 2. The molecule has 0 fully saturated rings. The molecule has 5 nitrogen and oxygen atoms in total. The third kappa shape index (κ3) is 3.84. The lowest BCUT2D eigenvalue weighted by molar-refractivity contribution is -0.118. The molecule has 26 heavy (non-hydrogen) atoms. The SMILES string of the molecule is COc1cc(Cl)c(C)cc1NC(=O)COc1ccc(Cl)c2cccnc12. The van der Waals surface area contributed by atoms with Gasteiger partial charge in [-0.25, -0.2) is 0 Å². The van der Waals surface area contributed by atoms with Crippen molar-refractivity contribution in [3.63, 3.8) is 0 Å². The monoisotopic (exact) mass is 390 g/mol. The van der Waals surface area contributed by atoms with Crippen molar-refractivity contribution < 1.29 is 14.3 Å². The number of aryl methyl sites for hydroxylation is 1.